The van der Waals surface area contributed by atoms with E-state index < -0.39 is 0 Å². The van der Waals surface area contributed by atoms with Gasteiger partial charge in [0, 0.05) is 42.9 Å². The van der Waals surface area contributed by atoms with Gasteiger partial charge in [0.05, 0.1) is 14.2 Å². The van der Waals surface area contributed by atoms with Crippen LogP contribution in [0.2, 0.25) is 0 Å². The standard InChI is InChI=1S/C21H23N3O4S/c1-27-17-7-6-14(9-18(17)28-2)20(26)22-21(29)23-10-13-8-15(12-23)16-4-3-5-19(25)24(16)11-13/h3-7,9,13,15H,8,10-12H2,1-2H3,(H,22,26,29). The zero-order valence-electron chi connectivity index (χ0n) is 16.4. The second-order valence-corrected chi connectivity index (χ2v) is 7.82. The summed E-state index contributed by atoms with van der Waals surface area (Å²) in [6.07, 6.45) is 1.03. The fraction of sp³-hybridized carbons (Fsp3) is 0.381. The zero-order valence-corrected chi connectivity index (χ0v) is 17.2. The van der Waals surface area contributed by atoms with Gasteiger partial charge in [-0.3, -0.25) is 14.9 Å². The molecule has 0 aliphatic carbocycles. The lowest BCUT2D eigenvalue weighted by Crippen LogP contribution is -2.52. The largest absolute Gasteiger partial charge is 0.493 e. The number of benzene rings is 1. The van der Waals surface area contributed by atoms with Gasteiger partial charge in [-0.2, -0.15) is 0 Å². The summed E-state index contributed by atoms with van der Waals surface area (Å²) in [7, 11) is 3.08. The van der Waals surface area contributed by atoms with Gasteiger partial charge in [-0.1, -0.05) is 6.07 Å². The fourth-order valence-electron chi connectivity index (χ4n) is 4.29. The van der Waals surface area contributed by atoms with E-state index in [2.05, 4.69) is 5.32 Å². The van der Waals surface area contributed by atoms with Crippen molar-refractivity contribution in [3.63, 3.8) is 0 Å². The highest BCUT2D eigenvalue weighted by Gasteiger charge is 2.35. The molecule has 2 aliphatic rings. The highest BCUT2D eigenvalue weighted by atomic mass is 32.1. The summed E-state index contributed by atoms with van der Waals surface area (Å²) in [5, 5.41) is 3.24. The third-order valence-electron chi connectivity index (χ3n) is 5.63. The number of hydrogen-bond donors (Lipinski definition) is 1. The van der Waals surface area contributed by atoms with E-state index in [1.54, 1.807) is 31.4 Å². The Balaban J connectivity index is 1.47. The number of likely N-dealkylation sites (tertiary alicyclic amines) is 1. The lowest BCUT2D eigenvalue weighted by Gasteiger charge is -2.43. The number of methoxy groups -OCH3 is 2. The van der Waals surface area contributed by atoms with E-state index in [4.69, 9.17) is 21.7 Å². The van der Waals surface area contributed by atoms with Crippen LogP contribution in [0.4, 0.5) is 0 Å². The fourth-order valence-corrected chi connectivity index (χ4v) is 4.53. The number of nitrogens with zero attached hydrogens (tertiary/aromatic N) is 2. The molecule has 1 fully saturated rings. The van der Waals surface area contributed by atoms with E-state index >= 15 is 0 Å². The number of aromatic nitrogens is 1. The van der Waals surface area contributed by atoms with E-state index in [9.17, 15) is 9.59 Å². The van der Waals surface area contributed by atoms with Crippen LogP contribution in [0.1, 0.15) is 28.4 Å². The molecule has 8 heteroatoms. The monoisotopic (exact) mass is 413 g/mol. The molecule has 2 bridgehead atoms. The molecule has 3 heterocycles. The minimum Gasteiger partial charge on any atom is -0.493 e. The van der Waals surface area contributed by atoms with Gasteiger partial charge in [-0.15, -0.1) is 0 Å². The number of pyridine rings is 1. The Morgan fingerprint density at radius 1 is 1.10 bits per heavy atom. The minimum absolute atomic E-state index is 0.0509. The first kappa shape index (κ1) is 19.4. The third kappa shape index (κ3) is 3.72. The molecule has 29 heavy (non-hydrogen) atoms. The predicted molar refractivity (Wildman–Crippen MR) is 113 cm³/mol. The summed E-state index contributed by atoms with van der Waals surface area (Å²) in [6.45, 7) is 2.10. The van der Waals surface area contributed by atoms with Gasteiger partial charge in [-0.25, -0.2) is 0 Å². The molecule has 1 aromatic carbocycles. The number of ether oxygens (including phenoxy) is 2. The normalized spacial score (nSPS) is 19.9. The quantitative estimate of drug-likeness (QED) is 0.776. The van der Waals surface area contributed by atoms with Crippen molar-refractivity contribution in [2.75, 3.05) is 27.3 Å². The molecular weight excluding hydrogens is 390 g/mol. The Morgan fingerprint density at radius 3 is 2.66 bits per heavy atom. The number of thiocarbonyl (C=S) groups is 1. The van der Waals surface area contributed by atoms with Crippen molar-refractivity contribution in [1.82, 2.24) is 14.8 Å². The maximum absolute atomic E-state index is 12.7. The number of carbonyl (C=O) groups excluding carboxylic acids is 1. The molecule has 2 atom stereocenters. The highest BCUT2D eigenvalue weighted by Crippen LogP contribution is 2.35. The Bertz CT molecular complexity index is 1020. The van der Waals surface area contributed by atoms with Gasteiger partial charge >= 0.3 is 0 Å². The summed E-state index contributed by atoms with van der Waals surface area (Å²) >= 11 is 5.53. The molecule has 0 spiro atoms. The molecule has 4 rings (SSSR count). The van der Waals surface area contributed by atoms with E-state index in [0.29, 0.717) is 41.2 Å². The SMILES string of the molecule is COc1ccc(C(=O)NC(=S)N2CC3CC(C2)c2cccc(=O)n2C3)cc1OC. The van der Waals surface area contributed by atoms with Gasteiger partial charge in [0.15, 0.2) is 16.6 Å². The Hall–Kier alpha value is -2.87. The van der Waals surface area contributed by atoms with Crippen LogP contribution >= 0.6 is 12.2 Å². The van der Waals surface area contributed by atoms with Gasteiger partial charge < -0.3 is 18.9 Å². The third-order valence-corrected chi connectivity index (χ3v) is 5.99. The average molecular weight is 413 g/mol. The average Bonchev–Trinajstić information content (AvgIpc) is 2.73. The summed E-state index contributed by atoms with van der Waals surface area (Å²) in [6, 6.07) is 10.4. The van der Waals surface area contributed by atoms with Crippen LogP contribution in [0.3, 0.4) is 0 Å². The van der Waals surface area contributed by atoms with Gasteiger partial charge in [-0.05, 0) is 48.8 Å². The lowest BCUT2D eigenvalue weighted by molar-refractivity contribution is 0.0967. The van der Waals surface area contributed by atoms with Crippen LogP contribution in [0.15, 0.2) is 41.2 Å². The van der Waals surface area contributed by atoms with E-state index in [-0.39, 0.29) is 17.4 Å². The van der Waals surface area contributed by atoms with E-state index in [0.717, 1.165) is 18.7 Å². The maximum atomic E-state index is 12.7. The number of carbonyl (C=O) groups is 1. The second-order valence-electron chi connectivity index (χ2n) is 7.43. The predicted octanol–water partition coefficient (Wildman–Crippen LogP) is 2.00. The molecule has 0 radical (unpaired) electrons. The van der Waals surface area contributed by atoms with Crippen molar-refractivity contribution in [2.45, 2.75) is 18.9 Å². The molecule has 2 aliphatic heterocycles. The van der Waals surface area contributed by atoms with Crippen molar-refractivity contribution < 1.29 is 14.3 Å². The number of rotatable bonds is 3. The number of hydrogen-bond acceptors (Lipinski definition) is 5. The molecular formula is C21H23N3O4S. The summed E-state index contributed by atoms with van der Waals surface area (Å²) in [5.41, 5.74) is 1.54. The number of nitrogens with one attached hydrogen (secondary N) is 1. The van der Waals surface area contributed by atoms with Crippen LogP contribution in [0.25, 0.3) is 0 Å². The lowest BCUT2D eigenvalue weighted by atomic mass is 9.83. The Kier molecular flexibility index (Phi) is 5.27. The number of piperidine rings is 1. The highest BCUT2D eigenvalue weighted by molar-refractivity contribution is 7.80. The van der Waals surface area contributed by atoms with Crippen LogP contribution in [-0.4, -0.2) is 47.8 Å². The van der Waals surface area contributed by atoms with Crippen LogP contribution in [-0.2, 0) is 6.54 Å². The molecule has 7 nitrogen and oxygen atoms in total. The topological polar surface area (TPSA) is 72.8 Å². The van der Waals surface area contributed by atoms with Crippen LogP contribution < -0.4 is 20.3 Å². The molecule has 2 aromatic rings. The molecule has 1 N–H and O–H groups in total. The number of fused-ring (bicyclic) bond motifs is 4. The molecule has 1 aromatic heterocycles. The first-order chi connectivity index (χ1) is 14.0. The van der Waals surface area contributed by atoms with Gasteiger partial charge in [0.25, 0.3) is 11.5 Å². The second kappa shape index (κ2) is 7.87. The number of amides is 1. The molecule has 1 amide bonds. The zero-order chi connectivity index (χ0) is 20.5. The molecule has 0 saturated carbocycles. The first-order valence-electron chi connectivity index (χ1n) is 9.52. The van der Waals surface area contributed by atoms with Crippen LogP contribution in [0, 0.1) is 5.92 Å². The van der Waals surface area contributed by atoms with Crippen molar-refractivity contribution >= 4 is 23.2 Å². The Labute approximate surface area is 174 Å². The first-order valence-corrected chi connectivity index (χ1v) is 9.93. The van der Waals surface area contributed by atoms with Gasteiger partial charge in [0.1, 0.15) is 0 Å². The molecule has 1 saturated heterocycles. The minimum atomic E-state index is -0.289. The molecule has 2 unspecified atom stereocenters. The summed E-state index contributed by atoms with van der Waals surface area (Å²) in [5.74, 6) is 1.32. The van der Waals surface area contributed by atoms with Crippen molar-refractivity contribution in [3.8, 4) is 11.5 Å². The molecule has 152 valence electrons. The van der Waals surface area contributed by atoms with E-state index in [1.165, 1.54) is 7.11 Å². The van der Waals surface area contributed by atoms with Gasteiger partial charge in [0.2, 0.25) is 0 Å². The summed E-state index contributed by atoms with van der Waals surface area (Å²) < 4.78 is 12.4. The smallest absolute Gasteiger partial charge is 0.257 e. The van der Waals surface area contributed by atoms with Crippen molar-refractivity contribution in [3.05, 3.63) is 58.0 Å². The van der Waals surface area contributed by atoms with Crippen molar-refractivity contribution in [2.24, 2.45) is 5.92 Å². The van der Waals surface area contributed by atoms with Crippen molar-refractivity contribution in [1.29, 1.82) is 0 Å². The van der Waals surface area contributed by atoms with E-state index in [1.807, 2.05) is 21.6 Å². The maximum Gasteiger partial charge on any atom is 0.257 e. The van der Waals surface area contributed by atoms with Crippen LogP contribution in [0.5, 0.6) is 11.5 Å². The Morgan fingerprint density at radius 2 is 1.90 bits per heavy atom. The summed E-state index contributed by atoms with van der Waals surface area (Å²) in [4.78, 5) is 26.9.